The second-order valence-corrected chi connectivity index (χ2v) is 3.63. The number of hydroxylamine groups is 1. The molecule has 18 heavy (non-hydrogen) atoms. The predicted molar refractivity (Wildman–Crippen MR) is 65.2 cm³/mol. The van der Waals surface area contributed by atoms with Gasteiger partial charge in [-0.05, 0) is 0 Å². The number of ether oxygens (including phenoxy) is 4. The predicted octanol–water partition coefficient (Wildman–Crippen LogP) is -0.865. The SMILES string of the molecule is C1COCCOCCONCOCCOCCN1. The molecule has 1 heterocycles. The third kappa shape index (κ3) is 10.8. The Morgan fingerprint density at radius 2 is 1.11 bits per heavy atom. The van der Waals surface area contributed by atoms with Crippen LogP contribution in [0.2, 0.25) is 0 Å². The van der Waals surface area contributed by atoms with Crippen LogP contribution in [0.25, 0.3) is 0 Å². The zero-order valence-corrected chi connectivity index (χ0v) is 10.8. The van der Waals surface area contributed by atoms with Crippen molar-refractivity contribution in [2.75, 3.05) is 72.7 Å². The first-order valence-corrected chi connectivity index (χ1v) is 6.36. The number of rotatable bonds is 0. The lowest BCUT2D eigenvalue weighted by atomic mass is 10.6. The second kappa shape index (κ2) is 13.2. The summed E-state index contributed by atoms with van der Waals surface area (Å²) in [4.78, 5) is 5.09. The lowest BCUT2D eigenvalue weighted by Crippen LogP contribution is -2.26. The maximum atomic E-state index is 5.37. The van der Waals surface area contributed by atoms with Gasteiger partial charge in [0.25, 0.3) is 0 Å². The molecule has 1 rings (SSSR count). The van der Waals surface area contributed by atoms with Crippen LogP contribution in [0.4, 0.5) is 0 Å². The zero-order chi connectivity index (χ0) is 12.7. The standard InChI is InChI=1S/C11H24N2O5/c1-3-14-5-6-16-9-10-18-13-11-17-8-7-15-4-2-12-1/h12-13H,1-11H2. The topological polar surface area (TPSA) is 70.2 Å². The minimum atomic E-state index is 0.352. The monoisotopic (exact) mass is 264 g/mol. The fourth-order valence-corrected chi connectivity index (χ4v) is 1.28. The van der Waals surface area contributed by atoms with Gasteiger partial charge in [0, 0.05) is 13.1 Å². The summed E-state index contributed by atoms with van der Waals surface area (Å²) in [5, 5.41) is 3.23. The molecule has 0 bridgehead atoms. The van der Waals surface area contributed by atoms with Crippen LogP contribution in [0.15, 0.2) is 0 Å². The molecule has 0 aromatic rings. The van der Waals surface area contributed by atoms with E-state index in [2.05, 4.69) is 10.8 Å². The highest BCUT2D eigenvalue weighted by Gasteiger charge is 1.94. The Kier molecular flexibility index (Phi) is 11.5. The van der Waals surface area contributed by atoms with E-state index in [1.807, 2.05) is 0 Å². The van der Waals surface area contributed by atoms with Crippen molar-refractivity contribution in [2.24, 2.45) is 0 Å². The van der Waals surface area contributed by atoms with Gasteiger partial charge in [0.05, 0.1) is 52.9 Å². The second-order valence-electron chi connectivity index (χ2n) is 3.63. The van der Waals surface area contributed by atoms with Crippen LogP contribution in [0.1, 0.15) is 0 Å². The molecule has 0 unspecified atom stereocenters. The van der Waals surface area contributed by atoms with Crippen molar-refractivity contribution >= 4 is 0 Å². The first-order chi connectivity index (χ1) is 9.00. The molecular weight excluding hydrogens is 240 g/mol. The third-order valence-corrected chi connectivity index (χ3v) is 2.18. The number of nitrogens with one attached hydrogen (secondary N) is 2. The molecule has 1 fully saturated rings. The van der Waals surface area contributed by atoms with E-state index >= 15 is 0 Å². The van der Waals surface area contributed by atoms with Gasteiger partial charge in [0.1, 0.15) is 6.73 Å². The van der Waals surface area contributed by atoms with Crippen molar-refractivity contribution in [1.82, 2.24) is 10.8 Å². The Morgan fingerprint density at radius 1 is 0.556 bits per heavy atom. The largest absolute Gasteiger partial charge is 0.378 e. The van der Waals surface area contributed by atoms with E-state index in [0.717, 1.165) is 13.1 Å². The van der Waals surface area contributed by atoms with Crippen LogP contribution in [-0.2, 0) is 23.8 Å². The molecule has 2 N–H and O–H groups in total. The molecule has 0 aliphatic carbocycles. The molecule has 1 saturated heterocycles. The summed E-state index contributed by atoms with van der Waals surface area (Å²) < 4.78 is 21.3. The minimum Gasteiger partial charge on any atom is -0.378 e. The summed E-state index contributed by atoms with van der Waals surface area (Å²) in [6, 6.07) is 0. The Balaban J connectivity index is 2.00. The van der Waals surface area contributed by atoms with Crippen LogP contribution in [0.5, 0.6) is 0 Å². The summed E-state index contributed by atoms with van der Waals surface area (Å²) in [6.45, 7) is 6.72. The molecule has 1 aliphatic rings. The van der Waals surface area contributed by atoms with Gasteiger partial charge in [-0.1, -0.05) is 0 Å². The van der Waals surface area contributed by atoms with Gasteiger partial charge in [0.2, 0.25) is 0 Å². The summed E-state index contributed by atoms with van der Waals surface area (Å²) >= 11 is 0. The first kappa shape index (κ1) is 15.8. The van der Waals surface area contributed by atoms with Gasteiger partial charge in [-0.25, -0.2) is 0 Å². The van der Waals surface area contributed by atoms with E-state index in [0.29, 0.717) is 59.6 Å². The molecule has 0 amide bonds. The Morgan fingerprint density at radius 3 is 1.83 bits per heavy atom. The molecule has 0 aromatic carbocycles. The minimum absolute atomic E-state index is 0.352. The Labute approximate surface area is 108 Å². The molecule has 0 saturated carbocycles. The van der Waals surface area contributed by atoms with Gasteiger partial charge in [-0.3, -0.25) is 4.84 Å². The van der Waals surface area contributed by atoms with E-state index in [1.54, 1.807) is 0 Å². The maximum absolute atomic E-state index is 5.37. The number of hydrogen-bond acceptors (Lipinski definition) is 7. The van der Waals surface area contributed by atoms with Crippen molar-refractivity contribution in [3.8, 4) is 0 Å². The molecule has 7 nitrogen and oxygen atoms in total. The van der Waals surface area contributed by atoms with Crippen LogP contribution in [-0.4, -0.2) is 72.7 Å². The molecule has 0 spiro atoms. The average Bonchev–Trinajstić information content (AvgIpc) is 2.39. The van der Waals surface area contributed by atoms with Gasteiger partial charge < -0.3 is 24.3 Å². The summed E-state index contributed by atoms with van der Waals surface area (Å²) in [6.07, 6.45) is 0. The third-order valence-electron chi connectivity index (χ3n) is 2.18. The zero-order valence-electron chi connectivity index (χ0n) is 10.8. The van der Waals surface area contributed by atoms with Gasteiger partial charge >= 0.3 is 0 Å². The average molecular weight is 264 g/mol. The van der Waals surface area contributed by atoms with Crippen molar-refractivity contribution < 1.29 is 23.8 Å². The Bertz CT molecular complexity index is 98.5. The fraction of sp³-hybridized carbons (Fsp3) is 1.00. The lowest BCUT2D eigenvalue weighted by Gasteiger charge is -2.10. The summed E-state index contributed by atoms with van der Waals surface area (Å²) in [5.74, 6) is 0. The van der Waals surface area contributed by atoms with Crippen LogP contribution < -0.4 is 10.8 Å². The highest BCUT2D eigenvalue weighted by Crippen LogP contribution is 1.81. The Hall–Kier alpha value is -0.280. The van der Waals surface area contributed by atoms with E-state index in [9.17, 15) is 0 Å². The molecule has 0 atom stereocenters. The van der Waals surface area contributed by atoms with Gasteiger partial charge in [-0.15, -0.1) is 0 Å². The quantitative estimate of drug-likeness (QED) is 0.589. The van der Waals surface area contributed by atoms with Crippen LogP contribution in [0, 0.1) is 0 Å². The van der Waals surface area contributed by atoms with Gasteiger partial charge in [0.15, 0.2) is 0 Å². The van der Waals surface area contributed by atoms with Crippen molar-refractivity contribution in [3.63, 3.8) is 0 Å². The van der Waals surface area contributed by atoms with E-state index in [4.69, 9.17) is 23.8 Å². The van der Waals surface area contributed by atoms with Crippen LogP contribution in [0.3, 0.4) is 0 Å². The smallest absolute Gasteiger partial charge is 0.119 e. The van der Waals surface area contributed by atoms with Crippen molar-refractivity contribution in [3.05, 3.63) is 0 Å². The molecule has 0 radical (unpaired) electrons. The highest BCUT2D eigenvalue weighted by atomic mass is 16.7. The summed E-state index contributed by atoms with van der Waals surface area (Å²) in [7, 11) is 0. The molecule has 7 heteroatoms. The molecule has 0 aromatic heterocycles. The van der Waals surface area contributed by atoms with Crippen LogP contribution >= 0.6 is 0 Å². The molecule has 1 aliphatic heterocycles. The van der Waals surface area contributed by atoms with Crippen molar-refractivity contribution in [1.29, 1.82) is 0 Å². The molecule has 108 valence electrons. The van der Waals surface area contributed by atoms with E-state index in [-0.39, 0.29) is 0 Å². The normalized spacial score (nSPS) is 24.0. The highest BCUT2D eigenvalue weighted by molar-refractivity contribution is 4.45. The van der Waals surface area contributed by atoms with Gasteiger partial charge in [-0.2, -0.15) is 5.48 Å². The fourth-order valence-electron chi connectivity index (χ4n) is 1.28. The first-order valence-electron chi connectivity index (χ1n) is 6.36. The molecular formula is C11H24N2O5. The number of hydrogen-bond donors (Lipinski definition) is 2. The van der Waals surface area contributed by atoms with Crippen molar-refractivity contribution in [2.45, 2.75) is 0 Å². The maximum Gasteiger partial charge on any atom is 0.119 e. The lowest BCUT2D eigenvalue weighted by molar-refractivity contribution is -0.0651. The van der Waals surface area contributed by atoms with E-state index < -0.39 is 0 Å². The summed E-state index contributed by atoms with van der Waals surface area (Å²) in [5.41, 5.74) is 2.69. The van der Waals surface area contributed by atoms with E-state index in [1.165, 1.54) is 0 Å².